The normalized spacial score (nSPS) is 43.8. The Morgan fingerprint density at radius 3 is 2.90 bits per heavy atom. The summed E-state index contributed by atoms with van der Waals surface area (Å²) in [6.07, 6.45) is 9.38. The standard InChI is InChI=1S/C10H14/c1-8-7-9-5-3-4-6-10(8,9)2/h3-5,8H,6-7H2,1-2H3. The van der Waals surface area contributed by atoms with E-state index in [-0.39, 0.29) is 0 Å². The Labute approximate surface area is 62.6 Å². The molecule has 0 heterocycles. The first kappa shape index (κ1) is 6.21. The highest BCUT2D eigenvalue weighted by atomic mass is 14.5. The quantitative estimate of drug-likeness (QED) is 0.478. The number of rotatable bonds is 0. The van der Waals surface area contributed by atoms with Crippen LogP contribution in [0, 0.1) is 11.3 Å². The summed E-state index contributed by atoms with van der Waals surface area (Å²) >= 11 is 0. The van der Waals surface area contributed by atoms with E-state index in [0.29, 0.717) is 5.41 Å². The average Bonchev–Trinajstić information content (AvgIpc) is 1.93. The monoisotopic (exact) mass is 134 g/mol. The van der Waals surface area contributed by atoms with Crippen molar-refractivity contribution in [3.63, 3.8) is 0 Å². The Morgan fingerprint density at radius 1 is 1.60 bits per heavy atom. The van der Waals surface area contributed by atoms with Crippen LogP contribution in [0.25, 0.3) is 0 Å². The lowest BCUT2D eigenvalue weighted by Crippen LogP contribution is -2.38. The molecule has 10 heavy (non-hydrogen) atoms. The lowest BCUT2D eigenvalue weighted by Gasteiger charge is -2.49. The molecule has 2 atom stereocenters. The largest absolute Gasteiger partial charge is 0.0837 e. The van der Waals surface area contributed by atoms with Gasteiger partial charge in [-0.3, -0.25) is 0 Å². The Balaban J connectivity index is 2.30. The van der Waals surface area contributed by atoms with Gasteiger partial charge in [-0.1, -0.05) is 37.6 Å². The van der Waals surface area contributed by atoms with Gasteiger partial charge in [0.15, 0.2) is 0 Å². The van der Waals surface area contributed by atoms with Gasteiger partial charge in [0, 0.05) is 0 Å². The van der Waals surface area contributed by atoms with Crippen molar-refractivity contribution in [1.29, 1.82) is 0 Å². The zero-order valence-corrected chi connectivity index (χ0v) is 6.72. The Kier molecular flexibility index (Phi) is 1.08. The SMILES string of the molecule is CC1CC2=CC=CCC21C. The first-order valence-electron chi connectivity index (χ1n) is 4.09. The Bertz CT molecular complexity index is 210. The van der Waals surface area contributed by atoms with Crippen molar-refractivity contribution in [3.05, 3.63) is 23.8 Å². The van der Waals surface area contributed by atoms with E-state index in [1.165, 1.54) is 12.8 Å². The van der Waals surface area contributed by atoms with Crippen LogP contribution in [0.3, 0.4) is 0 Å². The zero-order chi connectivity index (χ0) is 7.19. The number of hydrogen-bond acceptors (Lipinski definition) is 0. The molecule has 0 aromatic rings. The van der Waals surface area contributed by atoms with E-state index in [2.05, 4.69) is 32.1 Å². The lowest BCUT2D eigenvalue weighted by molar-refractivity contribution is 0.161. The van der Waals surface area contributed by atoms with Crippen LogP contribution in [0.5, 0.6) is 0 Å². The molecule has 1 saturated carbocycles. The van der Waals surface area contributed by atoms with Gasteiger partial charge in [-0.15, -0.1) is 0 Å². The molecule has 2 aliphatic carbocycles. The highest BCUT2D eigenvalue weighted by molar-refractivity contribution is 5.33. The molecule has 0 saturated heterocycles. The second kappa shape index (κ2) is 1.75. The minimum absolute atomic E-state index is 0.550. The summed E-state index contributed by atoms with van der Waals surface area (Å²) in [6.45, 7) is 4.74. The first-order valence-corrected chi connectivity index (χ1v) is 4.09. The highest BCUT2D eigenvalue weighted by Crippen LogP contribution is 2.54. The molecule has 2 aliphatic rings. The van der Waals surface area contributed by atoms with Gasteiger partial charge in [-0.2, -0.15) is 0 Å². The fraction of sp³-hybridized carbons (Fsp3) is 0.600. The molecule has 0 N–H and O–H groups in total. The van der Waals surface area contributed by atoms with Crippen LogP contribution in [0.15, 0.2) is 23.8 Å². The molecular weight excluding hydrogens is 120 g/mol. The Hall–Kier alpha value is -0.520. The van der Waals surface area contributed by atoms with Crippen molar-refractivity contribution in [2.24, 2.45) is 11.3 Å². The lowest BCUT2D eigenvalue weighted by atomic mass is 9.55. The van der Waals surface area contributed by atoms with E-state index in [0.717, 1.165) is 5.92 Å². The minimum atomic E-state index is 0.550. The van der Waals surface area contributed by atoms with Gasteiger partial charge >= 0.3 is 0 Å². The molecular formula is C10H14. The van der Waals surface area contributed by atoms with Crippen LogP contribution < -0.4 is 0 Å². The summed E-state index contributed by atoms with van der Waals surface area (Å²) in [5, 5.41) is 0. The molecule has 0 aromatic carbocycles. The maximum absolute atomic E-state index is 2.39. The molecule has 0 nitrogen and oxygen atoms in total. The summed E-state index contributed by atoms with van der Waals surface area (Å²) in [5.74, 6) is 0.906. The molecule has 2 unspecified atom stereocenters. The van der Waals surface area contributed by atoms with Gasteiger partial charge < -0.3 is 0 Å². The second-order valence-corrected chi connectivity index (χ2v) is 3.85. The molecule has 0 heteroatoms. The van der Waals surface area contributed by atoms with Crippen LogP contribution >= 0.6 is 0 Å². The van der Waals surface area contributed by atoms with Gasteiger partial charge in [0.2, 0.25) is 0 Å². The maximum atomic E-state index is 2.39. The predicted molar refractivity (Wildman–Crippen MR) is 43.7 cm³/mol. The molecule has 0 amide bonds. The summed E-state index contributed by atoms with van der Waals surface area (Å²) in [5.41, 5.74) is 2.22. The maximum Gasteiger partial charge on any atom is -0.00499 e. The van der Waals surface area contributed by atoms with Crippen LogP contribution in [0.2, 0.25) is 0 Å². The summed E-state index contributed by atoms with van der Waals surface area (Å²) in [6, 6.07) is 0. The van der Waals surface area contributed by atoms with Crippen molar-refractivity contribution >= 4 is 0 Å². The molecule has 0 bridgehead atoms. The van der Waals surface area contributed by atoms with Crippen molar-refractivity contribution in [2.75, 3.05) is 0 Å². The third-order valence-electron chi connectivity index (χ3n) is 3.32. The van der Waals surface area contributed by atoms with E-state index >= 15 is 0 Å². The van der Waals surface area contributed by atoms with Gasteiger partial charge in [0.05, 0.1) is 0 Å². The first-order chi connectivity index (χ1) is 4.73. The molecule has 54 valence electrons. The van der Waals surface area contributed by atoms with Gasteiger partial charge in [0.25, 0.3) is 0 Å². The zero-order valence-electron chi connectivity index (χ0n) is 6.72. The second-order valence-electron chi connectivity index (χ2n) is 3.85. The van der Waals surface area contributed by atoms with E-state index in [9.17, 15) is 0 Å². The molecule has 2 rings (SSSR count). The van der Waals surface area contributed by atoms with Crippen LogP contribution in [-0.2, 0) is 0 Å². The van der Waals surface area contributed by atoms with Crippen molar-refractivity contribution in [3.8, 4) is 0 Å². The molecule has 0 spiro atoms. The van der Waals surface area contributed by atoms with Gasteiger partial charge in [-0.25, -0.2) is 0 Å². The van der Waals surface area contributed by atoms with Gasteiger partial charge in [-0.05, 0) is 24.2 Å². The van der Waals surface area contributed by atoms with Gasteiger partial charge in [0.1, 0.15) is 0 Å². The van der Waals surface area contributed by atoms with E-state index in [4.69, 9.17) is 0 Å². The highest BCUT2D eigenvalue weighted by Gasteiger charge is 2.43. The molecule has 0 aromatic heterocycles. The summed E-state index contributed by atoms with van der Waals surface area (Å²) in [7, 11) is 0. The predicted octanol–water partition coefficient (Wildman–Crippen LogP) is 2.92. The number of hydrogen-bond donors (Lipinski definition) is 0. The van der Waals surface area contributed by atoms with Crippen LogP contribution in [0.4, 0.5) is 0 Å². The van der Waals surface area contributed by atoms with E-state index < -0.39 is 0 Å². The topological polar surface area (TPSA) is 0 Å². The Morgan fingerprint density at radius 2 is 2.40 bits per heavy atom. The molecule has 0 radical (unpaired) electrons. The fourth-order valence-electron chi connectivity index (χ4n) is 2.06. The number of allylic oxidation sites excluding steroid dienone is 4. The fourth-order valence-corrected chi connectivity index (χ4v) is 2.06. The number of fused-ring (bicyclic) bond motifs is 1. The van der Waals surface area contributed by atoms with Crippen molar-refractivity contribution in [2.45, 2.75) is 26.7 Å². The van der Waals surface area contributed by atoms with Crippen molar-refractivity contribution < 1.29 is 0 Å². The molecule has 1 fully saturated rings. The van der Waals surface area contributed by atoms with Crippen LogP contribution in [-0.4, -0.2) is 0 Å². The third kappa shape index (κ3) is 0.570. The summed E-state index contributed by atoms with van der Waals surface area (Å²) < 4.78 is 0. The van der Waals surface area contributed by atoms with Crippen LogP contribution in [0.1, 0.15) is 26.7 Å². The minimum Gasteiger partial charge on any atom is -0.0837 e. The third-order valence-corrected chi connectivity index (χ3v) is 3.32. The summed E-state index contributed by atoms with van der Waals surface area (Å²) in [4.78, 5) is 0. The smallest absolute Gasteiger partial charge is 0.00499 e. The molecule has 0 aliphatic heterocycles. The van der Waals surface area contributed by atoms with E-state index in [1.807, 2.05) is 0 Å². The van der Waals surface area contributed by atoms with E-state index in [1.54, 1.807) is 5.57 Å². The van der Waals surface area contributed by atoms with Crippen molar-refractivity contribution in [1.82, 2.24) is 0 Å². The average molecular weight is 134 g/mol.